The van der Waals surface area contributed by atoms with E-state index in [-0.39, 0.29) is 18.0 Å². The van der Waals surface area contributed by atoms with Crippen molar-refractivity contribution in [2.45, 2.75) is 26.3 Å². The number of amides is 1. The summed E-state index contributed by atoms with van der Waals surface area (Å²) in [5.41, 5.74) is 1.04. The number of aliphatic imine (C=N–C) groups is 1. The van der Waals surface area contributed by atoms with Crippen molar-refractivity contribution in [1.29, 1.82) is 0 Å². The molecule has 0 atom stereocenters. The van der Waals surface area contributed by atoms with Gasteiger partial charge < -0.3 is 20.4 Å². The molecule has 2 rings (SSSR count). The predicted octanol–water partition coefficient (Wildman–Crippen LogP) is 1.95. The molecule has 0 aliphatic carbocycles. The molecule has 2 N–H and O–H groups in total. The molecule has 1 aromatic rings. The summed E-state index contributed by atoms with van der Waals surface area (Å²) in [5.74, 6) is 0.730. The lowest BCUT2D eigenvalue weighted by molar-refractivity contribution is -0.130. The standard InChI is InChI=1S/C18H28ClN5O/c1-18(2,3)22-17(20-4)21-13-16(25)24-11-9-23(10-12-24)15-7-5-14(19)6-8-15/h5-8H,9-13H2,1-4H3,(H2,20,21,22). The Morgan fingerprint density at radius 2 is 1.76 bits per heavy atom. The van der Waals surface area contributed by atoms with Gasteiger partial charge in [-0.05, 0) is 45.0 Å². The number of nitrogens with zero attached hydrogens (tertiary/aromatic N) is 3. The van der Waals surface area contributed by atoms with Crippen molar-refractivity contribution in [3.8, 4) is 0 Å². The summed E-state index contributed by atoms with van der Waals surface area (Å²) < 4.78 is 0. The van der Waals surface area contributed by atoms with Crippen LogP contribution >= 0.6 is 11.6 Å². The van der Waals surface area contributed by atoms with E-state index in [1.807, 2.05) is 29.2 Å². The molecule has 6 nitrogen and oxygen atoms in total. The van der Waals surface area contributed by atoms with Gasteiger partial charge in [0, 0.05) is 49.5 Å². The number of halogens is 1. The van der Waals surface area contributed by atoms with Gasteiger partial charge in [-0.3, -0.25) is 9.79 Å². The third kappa shape index (κ3) is 6.12. The van der Waals surface area contributed by atoms with E-state index in [0.29, 0.717) is 19.0 Å². The van der Waals surface area contributed by atoms with E-state index >= 15 is 0 Å². The highest BCUT2D eigenvalue weighted by Crippen LogP contribution is 2.19. The van der Waals surface area contributed by atoms with Gasteiger partial charge in [0.25, 0.3) is 0 Å². The Morgan fingerprint density at radius 3 is 2.28 bits per heavy atom. The van der Waals surface area contributed by atoms with Crippen molar-refractivity contribution in [3.63, 3.8) is 0 Å². The lowest BCUT2D eigenvalue weighted by Gasteiger charge is -2.36. The van der Waals surface area contributed by atoms with Gasteiger partial charge in [-0.15, -0.1) is 0 Å². The SMILES string of the molecule is CN=C(NCC(=O)N1CCN(c2ccc(Cl)cc2)CC1)NC(C)(C)C. The van der Waals surface area contributed by atoms with Crippen LogP contribution in [0.5, 0.6) is 0 Å². The molecule has 1 heterocycles. The van der Waals surface area contributed by atoms with Crippen molar-refractivity contribution in [1.82, 2.24) is 15.5 Å². The average Bonchev–Trinajstić information content (AvgIpc) is 2.58. The number of carbonyl (C=O) groups excluding carboxylic acids is 1. The van der Waals surface area contributed by atoms with Crippen LogP contribution in [0.4, 0.5) is 5.69 Å². The lowest BCUT2D eigenvalue weighted by Crippen LogP contribution is -2.53. The number of hydrogen-bond donors (Lipinski definition) is 2. The molecule has 1 aliphatic heterocycles. The van der Waals surface area contributed by atoms with Gasteiger partial charge >= 0.3 is 0 Å². The molecular formula is C18H28ClN5O. The molecule has 7 heteroatoms. The maximum Gasteiger partial charge on any atom is 0.242 e. The Bertz CT molecular complexity index is 601. The van der Waals surface area contributed by atoms with Crippen molar-refractivity contribution < 1.29 is 4.79 Å². The number of guanidine groups is 1. The van der Waals surface area contributed by atoms with Crippen LogP contribution in [-0.4, -0.2) is 62.1 Å². The van der Waals surface area contributed by atoms with Gasteiger partial charge in [0.1, 0.15) is 0 Å². The largest absolute Gasteiger partial charge is 0.368 e. The van der Waals surface area contributed by atoms with E-state index in [1.54, 1.807) is 7.05 Å². The van der Waals surface area contributed by atoms with Crippen molar-refractivity contribution in [2.75, 3.05) is 44.7 Å². The van der Waals surface area contributed by atoms with Crippen LogP contribution in [0.25, 0.3) is 0 Å². The second-order valence-electron chi connectivity index (χ2n) is 7.15. The van der Waals surface area contributed by atoms with E-state index in [4.69, 9.17) is 11.6 Å². The van der Waals surface area contributed by atoms with Crippen LogP contribution in [0.1, 0.15) is 20.8 Å². The third-order valence-corrected chi connectivity index (χ3v) is 4.20. The minimum absolute atomic E-state index is 0.0904. The second-order valence-corrected chi connectivity index (χ2v) is 7.58. The topological polar surface area (TPSA) is 60.0 Å². The van der Waals surface area contributed by atoms with Gasteiger partial charge in [0.15, 0.2) is 5.96 Å². The van der Waals surface area contributed by atoms with E-state index < -0.39 is 0 Å². The molecule has 1 fully saturated rings. The van der Waals surface area contributed by atoms with Crippen molar-refractivity contribution >= 4 is 29.2 Å². The Balaban J connectivity index is 1.80. The molecule has 0 spiro atoms. The summed E-state index contributed by atoms with van der Waals surface area (Å²) in [4.78, 5) is 20.7. The molecule has 0 radical (unpaired) electrons. The fourth-order valence-electron chi connectivity index (χ4n) is 2.67. The van der Waals surface area contributed by atoms with Crippen LogP contribution in [0, 0.1) is 0 Å². The zero-order chi connectivity index (χ0) is 18.4. The van der Waals surface area contributed by atoms with Crippen LogP contribution in [0.3, 0.4) is 0 Å². The van der Waals surface area contributed by atoms with Crippen LogP contribution in [-0.2, 0) is 4.79 Å². The molecule has 25 heavy (non-hydrogen) atoms. The van der Waals surface area contributed by atoms with E-state index in [1.165, 1.54) is 0 Å². The van der Waals surface area contributed by atoms with Crippen molar-refractivity contribution in [3.05, 3.63) is 29.3 Å². The molecule has 0 unspecified atom stereocenters. The molecular weight excluding hydrogens is 338 g/mol. The van der Waals surface area contributed by atoms with Gasteiger partial charge in [-0.1, -0.05) is 11.6 Å². The summed E-state index contributed by atoms with van der Waals surface area (Å²) in [6.45, 7) is 9.48. The van der Waals surface area contributed by atoms with Crippen LogP contribution in [0.15, 0.2) is 29.3 Å². The monoisotopic (exact) mass is 365 g/mol. The third-order valence-electron chi connectivity index (χ3n) is 3.95. The molecule has 0 bridgehead atoms. The average molecular weight is 366 g/mol. The van der Waals surface area contributed by atoms with Crippen molar-refractivity contribution in [2.24, 2.45) is 4.99 Å². The zero-order valence-corrected chi connectivity index (χ0v) is 16.2. The predicted molar refractivity (Wildman–Crippen MR) is 104 cm³/mol. The Morgan fingerprint density at radius 1 is 1.16 bits per heavy atom. The fraction of sp³-hybridized carbons (Fsp3) is 0.556. The molecule has 138 valence electrons. The first-order valence-corrected chi connectivity index (χ1v) is 8.93. The number of rotatable bonds is 3. The van der Waals surface area contributed by atoms with Gasteiger partial charge in [0.05, 0.1) is 6.54 Å². The molecule has 1 amide bonds. The van der Waals surface area contributed by atoms with E-state index in [9.17, 15) is 4.79 Å². The number of nitrogens with one attached hydrogen (secondary N) is 2. The summed E-state index contributed by atoms with van der Waals surface area (Å²) in [6, 6.07) is 7.82. The highest BCUT2D eigenvalue weighted by atomic mass is 35.5. The Labute approximate surface area is 155 Å². The smallest absolute Gasteiger partial charge is 0.242 e. The number of carbonyl (C=O) groups is 1. The first-order chi connectivity index (χ1) is 11.8. The highest BCUT2D eigenvalue weighted by Gasteiger charge is 2.21. The fourth-order valence-corrected chi connectivity index (χ4v) is 2.80. The molecule has 1 saturated heterocycles. The maximum atomic E-state index is 12.4. The minimum Gasteiger partial charge on any atom is -0.368 e. The Hall–Kier alpha value is -1.95. The number of benzene rings is 1. The quantitative estimate of drug-likeness (QED) is 0.635. The van der Waals surface area contributed by atoms with Gasteiger partial charge in [-0.25, -0.2) is 0 Å². The van der Waals surface area contributed by atoms with E-state index in [0.717, 1.165) is 23.8 Å². The molecule has 1 aliphatic rings. The van der Waals surface area contributed by atoms with Gasteiger partial charge in [-0.2, -0.15) is 0 Å². The molecule has 1 aromatic carbocycles. The summed E-state index contributed by atoms with van der Waals surface area (Å²) in [6.07, 6.45) is 0. The van der Waals surface area contributed by atoms with Crippen LogP contribution < -0.4 is 15.5 Å². The maximum absolute atomic E-state index is 12.4. The first-order valence-electron chi connectivity index (χ1n) is 8.55. The molecule has 0 saturated carbocycles. The minimum atomic E-state index is -0.102. The zero-order valence-electron chi connectivity index (χ0n) is 15.5. The second kappa shape index (κ2) is 8.43. The number of hydrogen-bond acceptors (Lipinski definition) is 3. The van der Waals surface area contributed by atoms with Gasteiger partial charge in [0.2, 0.25) is 5.91 Å². The summed E-state index contributed by atoms with van der Waals surface area (Å²) in [5, 5.41) is 7.07. The van der Waals surface area contributed by atoms with E-state index in [2.05, 4.69) is 41.3 Å². The summed E-state index contributed by atoms with van der Waals surface area (Å²) in [7, 11) is 1.70. The first kappa shape index (κ1) is 19.4. The highest BCUT2D eigenvalue weighted by molar-refractivity contribution is 6.30. The lowest BCUT2D eigenvalue weighted by atomic mass is 10.1. The number of piperazine rings is 1. The normalized spacial score (nSPS) is 16.0. The number of anilines is 1. The van der Waals surface area contributed by atoms with Crippen LogP contribution in [0.2, 0.25) is 5.02 Å². The Kier molecular flexibility index (Phi) is 6.53. The molecule has 0 aromatic heterocycles. The summed E-state index contributed by atoms with van der Waals surface area (Å²) >= 11 is 5.93.